The van der Waals surface area contributed by atoms with E-state index in [0.29, 0.717) is 35.5 Å². The highest BCUT2D eigenvalue weighted by Crippen LogP contribution is 2.40. The van der Waals surface area contributed by atoms with Crippen LogP contribution in [-0.4, -0.2) is 37.0 Å². The average Bonchev–Trinajstić information content (AvgIpc) is 3.15. The molecule has 5 rings (SSSR count). The smallest absolute Gasteiger partial charge is 0.319 e. The van der Waals surface area contributed by atoms with E-state index in [1.165, 1.54) is 18.2 Å². The number of halogens is 3. The fraction of sp³-hybridized carbons (Fsp3) is 0.292. The molecule has 4 amide bonds. The number of nitrogens with zero attached hydrogens (tertiary/aromatic N) is 1. The number of aryl methyl sites for hydroxylation is 1. The molecule has 8 nitrogen and oxygen atoms in total. The molecule has 3 N–H and O–H groups in total. The Kier molecular flexibility index (Phi) is 5.84. The lowest BCUT2D eigenvalue weighted by Gasteiger charge is -2.41. The Labute approximate surface area is 203 Å². The largest absolute Gasteiger partial charge is 0.459 e. The van der Waals surface area contributed by atoms with Gasteiger partial charge in [-0.25, -0.2) is 13.6 Å². The molecule has 0 saturated carbocycles. The number of carbonyl (C=O) groups is 3. The number of rotatable bonds is 4. The number of piperidine rings is 1. The minimum atomic E-state index is -0.789. The third-order valence-electron chi connectivity index (χ3n) is 6.22. The van der Waals surface area contributed by atoms with Gasteiger partial charge in [-0.05, 0) is 37.6 Å². The van der Waals surface area contributed by atoms with Crippen LogP contribution in [0.5, 0.6) is 0 Å². The second kappa shape index (κ2) is 8.84. The van der Waals surface area contributed by atoms with Crippen molar-refractivity contribution in [3.05, 3.63) is 58.3 Å². The van der Waals surface area contributed by atoms with Crippen LogP contribution in [0.4, 0.5) is 25.0 Å². The van der Waals surface area contributed by atoms with Crippen LogP contribution in [-0.2, 0) is 9.59 Å². The molecule has 11 heteroatoms. The quantitative estimate of drug-likeness (QED) is 0.464. The summed E-state index contributed by atoms with van der Waals surface area (Å²) in [7, 11) is 0. The van der Waals surface area contributed by atoms with E-state index >= 15 is 4.39 Å². The van der Waals surface area contributed by atoms with Crippen molar-refractivity contribution in [2.45, 2.75) is 31.7 Å². The number of urea groups is 1. The van der Waals surface area contributed by atoms with Gasteiger partial charge in [-0.15, -0.1) is 0 Å². The maximum absolute atomic E-state index is 15.3. The van der Waals surface area contributed by atoms with Crippen molar-refractivity contribution in [3.8, 4) is 0 Å². The Hall–Kier alpha value is -3.66. The van der Waals surface area contributed by atoms with Gasteiger partial charge in [-0.2, -0.15) is 0 Å². The Morgan fingerprint density at radius 2 is 1.94 bits per heavy atom. The van der Waals surface area contributed by atoms with Crippen LogP contribution in [0.2, 0.25) is 5.02 Å². The second-order valence-electron chi connectivity index (χ2n) is 8.72. The summed E-state index contributed by atoms with van der Waals surface area (Å²) in [5.41, 5.74) is 1.11. The molecule has 1 atom stereocenters. The molecular formula is C24H21ClF2N4O4. The molecule has 0 aliphatic carbocycles. The maximum Gasteiger partial charge on any atom is 0.319 e. The first-order valence-corrected chi connectivity index (χ1v) is 11.4. The molecule has 1 unspecified atom stereocenters. The summed E-state index contributed by atoms with van der Waals surface area (Å²) in [5.74, 6) is -2.30. The summed E-state index contributed by atoms with van der Waals surface area (Å²) in [4.78, 5) is 38.0. The number of furan rings is 1. The van der Waals surface area contributed by atoms with Gasteiger partial charge in [0.15, 0.2) is 5.58 Å². The van der Waals surface area contributed by atoms with E-state index in [4.69, 9.17) is 16.0 Å². The number of benzene rings is 2. The first-order valence-electron chi connectivity index (χ1n) is 11.0. The predicted molar refractivity (Wildman–Crippen MR) is 126 cm³/mol. The number of anilines is 2. The number of nitrogens with one attached hydrogen (secondary N) is 3. The highest BCUT2D eigenvalue weighted by Gasteiger charge is 2.35. The molecule has 3 heterocycles. The van der Waals surface area contributed by atoms with Crippen molar-refractivity contribution >= 4 is 51.8 Å². The van der Waals surface area contributed by atoms with E-state index < -0.39 is 29.5 Å². The van der Waals surface area contributed by atoms with E-state index in [9.17, 15) is 18.8 Å². The van der Waals surface area contributed by atoms with E-state index in [-0.39, 0.29) is 41.1 Å². The van der Waals surface area contributed by atoms with Crippen molar-refractivity contribution in [3.63, 3.8) is 0 Å². The number of imide groups is 1. The average molecular weight is 503 g/mol. The summed E-state index contributed by atoms with van der Waals surface area (Å²) in [5, 5.41) is 8.22. The van der Waals surface area contributed by atoms with Gasteiger partial charge in [0.2, 0.25) is 11.8 Å². The zero-order valence-corrected chi connectivity index (χ0v) is 19.3. The first-order chi connectivity index (χ1) is 16.7. The molecule has 2 aliphatic rings. The van der Waals surface area contributed by atoms with Gasteiger partial charge in [0, 0.05) is 41.5 Å². The van der Waals surface area contributed by atoms with Gasteiger partial charge in [0.25, 0.3) is 0 Å². The van der Waals surface area contributed by atoms with Crippen molar-refractivity contribution in [1.82, 2.24) is 10.6 Å². The molecule has 35 heavy (non-hydrogen) atoms. The first kappa shape index (κ1) is 23.1. The number of hydrogen-bond acceptors (Lipinski definition) is 5. The molecule has 2 aliphatic heterocycles. The summed E-state index contributed by atoms with van der Waals surface area (Å²) in [6.45, 7) is 2.48. The summed E-state index contributed by atoms with van der Waals surface area (Å²) >= 11 is 5.85. The molecule has 2 saturated heterocycles. The molecule has 0 bridgehead atoms. The predicted octanol–water partition coefficient (Wildman–Crippen LogP) is 4.20. The van der Waals surface area contributed by atoms with Crippen LogP contribution in [0.15, 0.2) is 34.7 Å². The lowest BCUT2D eigenvalue weighted by atomic mass is 9.87. The second-order valence-corrected chi connectivity index (χ2v) is 9.16. The Morgan fingerprint density at radius 3 is 2.69 bits per heavy atom. The van der Waals surface area contributed by atoms with Crippen molar-refractivity contribution in [2.24, 2.45) is 0 Å². The molecular weight excluding hydrogens is 482 g/mol. The number of hydrogen-bond donors (Lipinski definition) is 3. The molecule has 2 fully saturated rings. The van der Waals surface area contributed by atoms with Gasteiger partial charge in [-0.1, -0.05) is 11.6 Å². The Morgan fingerprint density at radius 1 is 1.17 bits per heavy atom. The minimum absolute atomic E-state index is 0.0370. The molecule has 3 aromatic rings. The summed E-state index contributed by atoms with van der Waals surface area (Å²) in [6.07, 6.45) is 0.356. The molecule has 1 aromatic heterocycles. The van der Waals surface area contributed by atoms with E-state index in [2.05, 4.69) is 16.0 Å². The van der Waals surface area contributed by atoms with Gasteiger partial charge < -0.3 is 20.0 Å². The zero-order valence-electron chi connectivity index (χ0n) is 18.6. The fourth-order valence-corrected chi connectivity index (χ4v) is 4.73. The standard InChI is InChI=1S/C24H21ClF2N4O4/c1-11-6-15-21(14-3-5-20(32)30-23(14)33)17(27)8-19(22(15)35-11)31-9-13(10-31)28-24(34)29-18-7-12(25)2-4-16(18)26/h2,4,6-8,13-14H,3,5,9-10H2,1H3,(H2,28,29,34)(H,30,32,33). The molecule has 182 valence electrons. The van der Waals surface area contributed by atoms with Crippen LogP contribution < -0.4 is 20.9 Å². The third kappa shape index (κ3) is 4.41. The minimum Gasteiger partial charge on any atom is -0.459 e. The monoisotopic (exact) mass is 502 g/mol. The van der Waals surface area contributed by atoms with Crippen molar-refractivity contribution in [2.75, 3.05) is 23.3 Å². The molecule has 2 aromatic carbocycles. The van der Waals surface area contributed by atoms with E-state index in [0.717, 1.165) is 6.07 Å². The van der Waals surface area contributed by atoms with Gasteiger partial charge in [0.1, 0.15) is 17.4 Å². The summed E-state index contributed by atoms with van der Waals surface area (Å²) < 4.78 is 35.0. The van der Waals surface area contributed by atoms with Gasteiger partial charge >= 0.3 is 6.03 Å². The van der Waals surface area contributed by atoms with Crippen molar-refractivity contribution < 1.29 is 27.6 Å². The van der Waals surface area contributed by atoms with Crippen LogP contribution >= 0.6 is 11.6 Å². The normalized spacial score (nSPS) is 18.4. The third-order valence-corrected chi connectivity index (χ3v) is 6.46. The number of carbonyl (C=O) groups excluding carboxylic acids is 3. The topological polar surface area (TPSA) is 104 Å². The number of fused-ring (bicyclic) bond motifs is 1. The fourth-order valence-electron chi connectivity index (χ4n) is 4.56. The molecule has 0 radical (unpaired) electrons. The van der Waals surface area contributed by atoms with Gasteiger partial charge in [-0.3, -0.25) is 14.9 Å². The van der Waals surface area contributed by atoms with Crippen LogP contribution in [0.25, 0.3) is 11.0 Å². The Balaban J connectivity index is 1.32. The van der Waals surface area contributed by atoms with E-state index in [1.807, 2.05) is 4.90 Å². The van der Waals surface area contributed by atoms with Crippen LogP contribution in [0.3, 0.4) is 0 Å². The highest BCUT2D eigenvalue weighted by atomic mass is 35.5. The lowest BCUT2D eigenvalue weighted by Crippen LogP contribution is -2.60. The van der Waals surface area contributed by atoms with Crippen LogP contribution in [0, 0.1) is 18.6 Å². The SMILES string of the molecule is Cc1cc2c(C3CCC(=O)NC3=O)c(F)cc(N3CC(NC(=O)Nc4cc(Cl)ccc4F)C3)c2o1. The number of amides is 4. The van der Waals surface area contributed by atoms with Crippen LogP contribution in [0.1, 0.15) is 30.1 Å². The maximum atomic E-state index is 15.3. The zero-order chi connectivity index (χ0) is 24.9. The Bertz CT molecular complexity index is 1370. The highest BCUT2D eigenvalue weighted by molar-refractivity contribution is 6.30. The molecule has 0 spiro atoms. The van der Waals surface area contributed by atoms with Gasteiger partial charge in [0.05, 0.1) is 23.3 Å². The summed E-state index contributed by atoms with van der Waals surface area (Å²) in [6, 6.07) is 6.01. The van der Waals surface area contributed by atoms with Crippen molar-refractivity contribution in [1.29, 1.82) is 0 Å². The lowest BCUT2D eigenvalue weighted by molar-refractivity contribution is -0.134. The van der Waals surface area contributed by atoms with E-state index in [1.54, 1.807) is 13.0 Å².